The predicted octanol–water partition coefficient (Wildman–Crippen LogP) is 6.55. The first kappa shape index (κ1) is 31.0. The van der Waals surface area contributed by atoms with Gasteiger partial charge in [-0.1, -0.05) is 12.0 Å². The average Bonchev–Trinajstić information content (AvgIpc) is 3.44. The number of anilines is 2. The van der Waals surface area contributed by atoms with Crippen LogP contribution in [0.4, 0.5) is 20.3 Å². The van der Waals surface area contributed by atoms with Crippen LogP contribution < -0.4 is 20.7 Å². The molecule has 4 aromatic rings. The Morgan fingerprint density at radius 2 is 1.79 bits per heavy atom. The number of Topliss-reactive ketones (excluding diaryl/α,β-unsaturated/α-hetero) is 1. The lowest BCUT2D eigenvalue weighted by Gasteiger charge is -2.52. The molecule has 4 bridgehead atoms. The number of aromatic nitrogens is 2. The summed E-state index contributed by atoms with van der Waals surface area (Å²) in [5.74, 6) is 1.24. The highest BCUT2D eigenvalue weighted by Gasteiger charge is 2.49. The highest BCUT2D eigenvalue weighted by Crippen LogP contribution is 2.54. The first-order chi connectivity index (χ1) is 23.1. The molecule has 3 aliphatic carbocycles. The SMILES string of the molecule is C#Cc1c(F)ccc2cc(N)cc(-c3c(C(C)=O)cc4c(N5C[C@H]6CC[C@@H](C5)N6)nc(OCC56CCC(OC)(CC5)CC6)nc4c3F)c12. The van der Waals surface area contributed by atoms with Gasteiger partial charge >= 0.3 is 6.01 Å². The maximum atomic E-state index is 17.4. The third-order valence-electron chi connectivity index (χ3n) is 11.6. The number of rotatable bonds is 7. The lowest BCUT2D eigenvalue weighted by atomic mass is 9.59. The quantitative estimate of drug-likeness (QED) is 0.132. The molecule has 0 amide bonds. The molecule has 1 aromatic heterocycles. The molecule has 2 atom stereocenters. The van der Waals surface area contributed by atoms with Crippen molar-refractivity contribution in [3.63, 3.8) is 0 Å². The van der Waals surface area contributed by atoms with Crippen LogP contribution in [0.3, 0.4) is 0 Å². The molecule has 0 spiro atoms. The Kier molecular flexibility index (Phi) is 7.35. The van der Waals surface area contributed by atoms with Crippen LogP contribution in [0.1, 0.15) is 74.2 Å². The molecule has 2 aliphatic heterocycles. The molecule has 5 fully saturated rings. The van der Waals surface area contributed by atoms with Crippen LogP contribution in [0, 0.1) is 29.4 Å². The summed E-state index contributed by atoms with van der Waals surface area (Å²) in [7, 11) is 1.80. The number of nitrogens with two attached hydrogens (primary N) is 1. The van der Waals surface area contributed by atoms with Gasteiger partial charge in [-0.25, -0.2) is 8.78 Å². The van der Waals surface area contributed by atoms with Crippen LogP contribution in [-0.4, -0.2) is 60.2 Å². The van der Waals surface area contributed by atoms with Crippen molar-refractivity contribution in [1.82, 2.24) is 15.3 Å². The van der Waals surface area contributed by atoms with Gasteiger partial charge in [0.05, 0.1) is 17.8 Å². The molecule has 8 nitrogen and oxygen atoms in total. The van der Waals surface area contributed by atoms with Gasteiger partial charge in [-0.15, -0.1) is 6.42 Å². The van der Waals surface area contributed by atoms with Crippen molar-refractivity contribution in [2.24, 2.45) is 5.41 Å². The lowest BCUT2D eigenvalue weighted by molar-refractivity contribution is -0.126. The zero-order valence-corrected chi connectivity index (χ0v) is 27.3. The summed E-state index contributed by atoms with van der Waals surface area (Å²) in [5, 5.41) is 4.90. The summed E-state index contributed by atoms with van der Waals surface area (Å²) in [5.41, 5.74) is 6.89. The standard InChI is InChI=1S/C38H39F2N5O3/c1-4-26-30(39)8-5-22-15-23(41)16-28(31(22)26)32-27(21(2)46)17-29-34(33(32)40)43-36(44-35(29)45-18-24-6-7-25(19-45)42-24)48-20-37-9-12-38(47-3,13-10-37)14-11-37/h1,5,8,15-17,24-25,42H,6-7,9-14,18-20,41H2,2-3H3/t24-,25+,37?,38?. The Bertz CT molecular complexity index is 2000. The van der Waals surface area contributed by atoms with E-state index in [2.05, 4.69) is 16.1 Å². The average molecular weight is 652 g/mol. The van der Waals surface area contributed by atoms with E-state index in [9.17, 15) is 4.79 Å². The molecular formula is C38H39F2N5O3. The highest BCUT2D eigenvalue weighted by atomic mass is 19.1. The Balaban J connectivity index is 1.31. The summed E-state index contributed by atoms with van der Waals surface area (Å²) in [6, 6.07) is 8.34. The fourth-order valence-electron chi connectivity index (χ4n) is 8.78. The second-order valence-electron chi connectivity index (χ2n) is 14.3. The Labute approximate surface area is 278 Å². The number of hydrogen-bond acceptors (Lipinski definition) is 8. The minimum atomic E-state index is -0.734. The zero-order valence-electron chi connectivity index (χ0n) is 27.3. The van der Waals surface area contributed by atoms with Crippen LogP contribution in [0.25, 0.3) is 32.8 Å². The maximum Gasteiger partial charge on any atom is 0.319 e. The van der Waals surface area contributed by atoms with E-state index in [0.29, 0.717) is 47.4 Å². The van der Waals surface area contributed by atoms with Crippen molar-refractivity contribution < 1.29 is 23.0 Å². The lowest BCUT2D eigenvalue weighted by Crippen LogP contribution is -2.51. The largest absolute Gasteiger partial charge is 0.463 e. The van der Waals surface area contributed by atoms with E-state index in [1.165, 1.54) is 19.1 Å². The van der Waals surface area contributed by atoms with Crippen molar-refractivity contribution in [2.75, 3.05) is 37.4 Å². The number of carbonyl (C=O) groups excluding carboxylic acids is 1. The summed E-state index contributed by atoms with van der Waals surface area (Å²) < 4.78 is 44.7. The summed E-state index contributed by atoms with van der Waals surface area (Å²) in [6.07, 6.45) is 13.8. The third-order valence-corrected chi connectivity index (χ3v) is 11.6. The van der Waals surface area contributed by atoms with Crippen molar-refractivity contribution in [3.05, 3.63) is 53.1 Å². The highest BCUT2D eigenvalue weighted by molar-refractivity contribution is 6.12. The number of ether oxygens (including phenoxy) is 2. The van der Waals surface area contributed by atoms with Gasteiger partial charge in [0.15, 0.2) is 11.6 Å². The molecule has 0 radical (unpaired) electrons. The Morgan fingerprint density at radius 3 is 2.44 bits per heavy atom. The topological polar surface area (TPSA) is 103 Å². The van der Waals surface area contributed by atoms with Gasteiger partial charge in [-0.05, 0) is 93.5 Å². The predicted molar refractivity (Wildman–Crippen MR) is 182 cm³/mol. The number of terminal acetylenes is 1. The Morgan fingerprint density at radius 1 is 1.08 bits per heavy atom. The van der Waals surface area contributed by atoms with Gasteiger partial charge in [-0.2, -0.15) is 9.97 Å². The molecule has 3 heterocycles. The number of piperazine rings is 1. The van der Waals surface area contributed by atoms with Crippen molar-refractivity contribution >= 4 is 39.0 Å². The summed E-state index contributed by atoms with van der Waals surface area (Å²) in [4.78, 5) is 25.1. The molecule has 3 N–H and O–H groups in total. The van der Waals surface area contributed by atoms with Gasteiger partial charge < -0.3 is 25.4 Å². The normalized spacial score (nSPS) is 26.3. The van der Waals surface area contributed by atoms with Crippen LogP contribution in [-0.2, 0) is 4.74 Å². The Hall–Kier alpha value is -4.33. The number of ketones is 1. The van der Waals surface area contributed by atoms with Gasteiger partial charge in [-0.3, -0.25) is 4.79 Å². The van der Waals surface area contributed by atoms with E-state index < -0.39 is 11.6 Å². The van der Waals surface area contributed by atoms with E-state index >= 15 is 8.78 Å². The van der Waals surface area contributed by atoms with Gasteiger partial charge in [0.25, 0.3) is 0 Å². The number of carbonyl (C=O) groups is 1. The first-order valence-electron chi connectivity index (χ1n) is 16.8. The van der Waals surface area contributed by atoms with Crippen molar-refractivity contribution in [2.45, 2.75) is 76.0 Å². The number of nitrogens with one attached hydrogen (secondary N) is 1. The number of fused-ring (bicyclic) bond motifs is 7. The second-order valence-corrected chi connectivity index (χ2v) is 14.3. The molecule has 10 heteroatoms. The van der Waals surface area contributed by atoms with Crippen molar-refractivity contribution in [3.8, 4) is 29.5 Å². The second kappa shape index (κ2) is 11.4. The summed E-state index contributed by atoms with van der Waals surface area (Å²) >= 11 is 0. The van der Waals surface area contributed by atoms with Crippen LogP contribution in [0.5, 0.6) is 6.01 Å². The number of halogens is 2. The van der Waals surface area contributed by atoms with E-state index in [-0.39, 0.29) is 62.7 Å². The molecule has 2 saturated heterocycles. The van der Waals surface area contributed by atoms with E-state index in [0.717, 1.165) is 51.4 Å². The zero-order chi connectivity index (χ0) is 33.4. The van der Waals surface area contributed by atoms with E-state index in [1.807, 2.05) is 0 Å². The number of nitrogen functional groups attached to an aromatic ring is 1. The minimum absolute atomic E-state index is 0.00865. The number of nitrogens with zero attached hydrogens (tertiary/aromatic N) is 3. The van der Waals surface area contributed by atoms with E-state index in [4.69, 9.17) is 31.6 Å². The molecule has 48 heavy (non-hydrogen) atoms. The molecular weight excluding hydrogens is 612 g/mol. The van der Waals surface area contributed by atoms with E-state index in [1.54, 1.807) is 25.3 Å². The van der Waals surface area contributed by atoms with Crippen LogP contribution in [0.2, 0.25) is 0 Å². The van der Waals surface area contributed by atoms with Crippen LogP contribution >= 0.6 is 0 Å². The monoisotopic (exact) mass is 651 g/mol. The minimum Gasteiger partial charge on any atom is -0.463 e. The molecule has 9 rings (SSSR count). The van der Waals surface area contributed by atoms with Crippen LogP contribution in [0.15, 0.2) is 30.3 Å². The fourth-order valence-corrected chi connectivity index (χ4v) is 8.78. The third kappa shape index (κ3) is 4.98. The smallest absolute Gasteiger partial charge is 0.319 e. The molecule has 3 aromatic carbocycles. The molecule has 248 valence electrons. The fraction of sp³-hybridized carbons (Fsp3) is 0.447. The molecule has 0 unspecified atom stereocenters. The van der Waals surface area contributed by atoms with Gasteiger partial charge in [0.1, 0.15) is 17.2 Å². The molecule has 5 aliphatic rings. The number of benzene rings is 3. The first-order valence-corrected chi connectivity index (χ1v) is 16.8. The van der Waals surface area contributed by atoms with Crippen molar-refractivity contribution in [1.29, 1.82) is 0 Å². The number of hydrogen-bond donors (Lipinski definition) is 2. The van der Waals surface area contributed by atoms with Gasteiger partial charge in [0, 0.05) is 65.3 Å². The number of methoxy groups -OCH3 is 1. The maximum absolute atomic E-state index is 17.4. The summed E-state index contributed by atoms with van der Waals surface area (Å²) in [6.45, 7) is 3.19. The van der Waals surface area contributed by atoms with Gasteiger partial charge in [0.2, 0.25) is 0 Å². The molecule has 3 saturated carbocycles.